The fourth-order valence-corrected chi connectivity index (χ4v) is 6.85. The van der Waals surface area contributed by atoms with Crippen molar-refractivity contribution in [2.24, 2.45) is 0 Å². The number of amides is 2. The molecular formula is C20H22Cl11F3I6N4O3PS4V2. The molecule has 3 aromatic rings. The molecule has 1 fully saturated rings. The van der Waals surface area contributed by atoms with Crippen molar-refractivity contribution in [2.45, 2.75) is 50.8 Å². The Morgan fingerprint density at radius 1 is 0.796 bits per heavy atom. The summed E-state index contributed by atoms with van der Waals surface area (Å²) in [6.07, 6.45) is -4.37. The molecule has 0 aliphatic carbocycles. The molecule has 54 heavy (non-hydrogen) atoms. The van der Waals surface area contributed by atoms with E-state index in [1.165, 1.54) is 18.3 Å². The molecule has 1 atom stereocenters. The van der Waals surface area contributed by atoms with Crippen LogP contribution in [0.2, 0.25) is 24.4 Å². The molecular weight excluding hydrogens is 1810 g/mol. The summed E-state index contributed by atoms with van der Waals surface area (Å²) in [6, 6.07) is 0. The van der Waals surface area contributed by atoms with E-state index in [1.807, 2.05) is 11.9 Å². The van der Waals surface area contributed by atoms with E-state index < -0.39 is 25.2 Å². The molecule has 1 N–H and O–H groups in total. The van der Waals surface area contributed by atoms with Crippen molar-refractivity contribution in [1.82, 2.24) is 20.3 Å². The van der Waals surface area contributed by atoms with Gasteiger partial charge in [0.05, 0.1) is 15.1 Å². The van der Waals surface area contributed by atoms with Crippen LogP contribution >= 0.6 is 300 Å². The van der Waals surface area contributed by atoms with Gasteiger partial charge >= 0.3 is 126 Å². The maximum absolute atomic E-state index is 11.9. The van der Waals surface area contributed by atoms with Gasteiger partial charge in [0.1, 0.15) is 15.2 Å². The van der Waals surface area contributed by atoms with Gasteiger partial charge in [-0.2, -0.15) is 13.2 Å². The topological polar surface area (TPSA) is 102 Å². The first kappa shape index (κ1) is 72.7. The van der Waals surface area contributed by atoms with E-state index in [2.05, 4.69) is 176 Å². The number of imide groups is 1. The number of nitrogens with zero attached hydrogens (tertiary/aromatic N) is 3. The quantitative estimate of drug-likeness (QED) is 0.136. The fraction of sp³-hybridized carbons (Fsp3) is 0.450. The zero-order valence-corrected chi connectivity index (χ0v) is 52.9. The number of carbonyl (C=O) groups excluding carboxylic acids is 2. The first-order chi connectivity index (χ1) is 23.4. The molecule has 1 unspecified atom stereocenters. The fourth-order valence-electron chi connectivity index (χ4n) is 1.82. The number of rotatable bonds is 0. The number of nitrogens with one attached hydrogen (secondary N) is 1. The zero-order valence-electron chi connectivity index (χ0n) is 24.7. The van der Waals surface area contributed by atoms with Crippen molar-refractivity contribution in [3.8, 4) is 0 Å². The number of halogens is 20. The van der Waals surface area contributed by atoms with Crippen LogP contribution in [0.1, 0.15) is 41.4 Å². The zero-order chi connectivity index (χ0) is 42.4. The summed E-state index contributed by atoms with van der Waals surface area (Å²) in [5.74, 6) is -0.181. The SMILES string of the molecule is C.C.CC1SC(=O)NC1=O.CI.Cc1nc(Cl)c(C(F)(F)F)s1.Cc1sc(Cl)nc1Cl.Clc1nc(Cl)c(C(Cl)(Cl)Cl)s1.O=P(Cl)(Cl)Cl.[I][V]([I])[I].[I][V][I]. The first-order valence-corrected chi connectivity index (χ1v) is 46.5. The Morgan fingerprint density at radius 2 is 1.15 bits per heavy atom. The van der Waals surface area contributed by atoms with Gasteiger partial charge in [0.2, 0.25) is 9.70 Å². The summed E-state index contributed by atoms with van der Waals surface area (Å²) >= 11 is 76.1. The van der Waals surface area contributed by atoms with Crippen LogP contribution in [0.3, 0.4) is 0 Å². The van der Waals surface area contributed by atoms with Gasteiger partial charge in [-0.15, -0.1) is 34.0 Å². The average Bonchev–Trinajstić information content (AvgIpc) is 3.65. The van der Waals surface area contributed by atoms with Gasteiger partial charge in [-0.1, -0.05) is 142 Å². The van der Waals surface area contributed by atoms with E-state index >= 15 is 0 Å². The second-order valence-electron chi connectivity index (χ2n) is 6.94. The van der Waals surface area contributed by atoms with Crippen LogP contribution in [0.15, 0.2) is 0 Å². The third kappa shape index (κ3) is 44.3. The van der Waals surface area contributed by atoms with Crippen LogP contribution in [-0.4, -0.2) is 36.3 Å². The van der Waals surface area contributed by atoms with Gasteiger partial charge < -0.3 is 0 Å². The van der Waals surface area contributed by atoms with Crippen molar-refractivity contribution in [3.05, 3.63) is 44.0 Å². The van der Waals surface area contributed by atoms with Crippen LogP contribution in [0.25, 0.3) is 0 Å². The Morgan fingerprint density at radius 3 is 1.26 bits per heavy atom. The van der Waals surface area contributed by atoms with Gasteiger partial charge in [0, 0.05) is 4.88 Å². The minimum atomic E-state index is -4.37. The van der Waals surface area contributed by atoms with Crippen LogP contribution in [0, 0.1) is 13.8 Å². The van der Waals surface area contributed by atoms with Gasteiger partial charge in [0.25, 0.3) is 5.24 Å². The monoisotopic (exact) mass is 1830 g/mol. The summed E-state index contributed by atoms with van der Waals surface area (Å²) in [6.45, 7) is 5.06. The molecule has 2 amide bonds. The third-order valence-electron chi connectivity index (χ3n) is 3.36. The molecule has 1 saturated heterocycles. The number of hydrogen-bond acceptors (Lipinski definition) is 10. The first-order valence-electron chi connectivity index (χ1n) is 11.0. The molecule has 319 valence electrons. The van der Waals surface area contributed by atoms with E-state index in [0.29, 0.717) is 40.3 Å². The van der Waals surface area contributed by atoms with Crippen molar-refractivity contribution in [2.75, 3.05) is 4.93 Å². The molecule has 0 saturated carbocycles. The molecule has 1 aliphatic heterocycles. The second-order valence-corrected chi connectivity index (χ2v) is 70.0. The second kappa shape index (κ2) is 39.3. The molecule has 0 aromatic carbocycles. The molecule has 7 nitrogen and oxygen atoms in total. The number of aryl methyl sites for hydroxylation is 2. The van der Waals surface area contributed by atoms with E-state index in [0.717, 1.165) is 28.0 Å². The average molecular weight is 1840 g/mol. The van der Waals surface area contributed by atoms with Crippen LogP contribution in [0.4, 0.5) is 18.0 Å². The maximum atomic E-state index is 11.9. The number of carbonyl (C=O) groups is 2. The predicted molar refractivity (Wildman–Crippen MR) is 284 cm³/mol. The molecule has 4 rings (SSSR count). The minimum absolute atomic E-state index is 0. The van der Waals surface area contributed by atoms with Gasteiger partial charge in [-0.05, 0) is 59.4 Å². The van der Waals surface area contributed by atoms with E-state index in [9.17, 15) is 27.3 Å². The Bertz CT molecular complexity index is 1450. The number of alkyl halides is 7. The molecule has 3 aromatic heterocycles. The Labute approximate surface area is 463 Å². The third-order valence-corrected chi connectivity index (χ3v) is 9.77. The number of thiazole rings is 3. The molecule has 4 heterocycles. The molecule has 0 spiro atoms. The Kier molecular flexibility index (Phi) is 53.0. The number of thioether (sulfide) groups is 1. The summed E-state index contributed by atoms with van der Waals surface area (Å²) < 4.78 is 44.6. The van der Waals surface area contributed by atoms with E-state index in [4.69, 9.17) is 92.8 Å². The molecule has 34 heteroatoms. The van der Waals surface area contributed by atoms with Gasteiger partial charge in [0.15, 0.2) is 14.1 Å². The summed E-state index contributed by atoms with van der Waals surface area (Å²) in [4.78, 5) is 33.8. The van der Waals surface area contributed by atoms with Crippen LogP contribution in [0.5, 0.6) is 0 Å². The summed E-state index contributed by atoms with van der Waals surface area (Å²) in [7, 11) is 0.628. The Hall–Kier alpha value is 7.14. The van der Waals surface area contributed by atoms with Crippen LogP contribution in [-0.2, 0) is 33.7 Å². The van der Waals surface area contributed by atoms with Crippen LogP contribution < -0.4 is 5.32 Å². The molecule has 0 bridgehead atoms. The van der Waals surface area contributed by atoms with E-state index in [1.54, 1.807) is 6.92 Å². The standard InChI is InChI=1S/C5H3ClF3NS.C4Cl5NS.C4H3Cl2NS.C4H5NO2S.CH3I.2CH4.Cl3OP.5HI.2V/c1-2-10-4(6)3(11-2)5(7,8)9;5-2-1(4(7,8)9)11-3(6)10-2;1-2-3(5)7-4(6)8-2;1-2-3(6)5-4(7)8-2;1-2;;;1-5(2,3)4;;;;;;;/h1H3;;1H3;2H,1H3,(H,5,6,7);1H3;2*1H4;;5*1H;;/q;;;;;;;;;;;;;+2;+3/p-5. The molecule has 1 aliphatic rings. The number of aromatic nitrogens is 3. The van der Waals surface area contributed by atoms with Crippen molar-refractivity contribution >= 4 is 311 Å². The van der Waals surface area contributed by atoms with Gasteiger partial charge in [-0.25, -0.2) is 15.0 Å². The Balaban J connectivity index is -0.000000127. The summed E-state index contributed by atoms with van der Waals surface area (Å²) in [5, 5.41) is -0.980. The van der Waals surface area contributed by atoms with Crippen molar-refractivity contribution in [1.29, 1.82) is 0 Å². The van der Waals surface area contributed by atoms with E-state index in [-0.39, 0.29) is 45.8 Å². The van der Waals surface area contributed by atoms with Gasteiger partial charge in [-0.3, -0.25) is 19.5 Å². The van der Waals surface area contributed by atoms with Crippen molar-refractivity contribution < 1.29 is 41.7 Å². The summed E-state index contributed by atoms with van der Waals surface area (Å²) in [5.41, 5.74) is 0. The normalized spacial score (nSPS) is 12.7. The van der Waals surface area contributed by atoms with Crippen molar-refractivity contribution in [3.63, 3.8) is 0 Å². The number of hydrogen-bond donors (Lipinski definition) is 1. The molecule has 0 radical (unpaired) electrons. The predicted octanol–water partition coefficient (Wildman–Crippen LogP) is 20.1.